The van der Waals surface area contributed by atoms with Crippen molar-refractivity contribution in [2.24, 2.45) is 0 Å². The molecule has 0 nitrogen and oxygen atoms in total. The summed E-state index contributed by atoms with van der Waals surface area (Å²) < 4.78 is 0. The van der Waals surface area contributed by atoms with Gasteiger partial charge in [-0.1, -0.05) is 54.5 Å². The van der Waals surface area contributed by atoms with E-state index in [9.17, 15) is 0 Å². The second-order valence-electron chi connectivity index (χ2n) is 6.70. The molecule has 134 valence electrons. The SMILES string of the molecule is CC(C)c1cc2ccccc2[cH-]1.Cc1c(C)c(C)[c-](C)c1C.[Br-].[Br-].[Zr+4]. The van der Waals surface area contributed by atoms with E-state index >= 15 is 0 Å². The van der Waals surface area contributed by atoms with Crippen LogP contribution in [0.15, 0.2) is 36.4 Å². The van der Waals surface area contributed by atoms with E-state index in [1.165, 1.54) is 44.2 Å². The van der Waals surface area contributed by atoms with Crippen LogP contribution in [0.4, 0.5) is 0 Å². The molecule has 0 saturated carbocycles. The van der Waals surface area contributed by atoms with Gasteiger partial charge in [-0.3, -0.25) is 0 Å². The summed E-state index contributed by atoms with van der Waals surface area (Å²) in [6, 6.07) is 13.1. The quantitative estimate of drug-likeness (QED) is 0.396. The molecule has 0 amide bonds. The molecule has 0 aliphatic heterocycles. The van der Waals surface area contributed by atoms with E-state index in [2.05, 4.69) is 84.9 Å². The molecule has 0 radical (unpaired) electrons. The number of hydrogen-bond donors (Lipinski definition) is 0. The van der Waals surface area contributed by atoms with E-state index in [0.717, 1.165) is 0 Å². The monoisotopic (exact) mass is 540 g/mol. The van der Waals surface area contributed by atoms with Gasteiger partial charge in [0.15, 0.2) is 0 Å². The Hall–Kier alpha value is 0.0231. The first-order valence-corrected chi connectivity index (χ1v) is 8.18. The second kappa shape index (κ2) is 11.7. The van der Waals surface area contributed by atoms with Crippen LogP contribution in [0, 0.1) is 34.6 Å². The van der Waals surface area contributed by atoms with E-state index in [4.69, 9.17) is 0 Å². The number of rotatable bonds is 1. The van der Waals surface area contributed by atoms with Crippen molar-refractivity contribution in [2.75, 3.05) is 0 Å². The van der Waals surface area contributed by atoms with Gasteiger partial charge in [0, 0.05) is 0 Å². The third-order valence-corrected chi connectivity index (χ3v) is 5.12. The molecule has 3 heteroatoms. The predicted octanol–water partition coefficient (Wildman–Crippen LogP) is 0.635. The molecule has 3 rings (SSSR count). The molecule has 0 saturated heterocycles. The average molecular weight is 543 g/mol. The van der Waals surface area contributed by atoms with Crippen LogP contribution in [0.3, 0.4) is 0 Å². The summed E-state index contributed by atoms with van der Waals surface area (Å²) in [5.41, 5.74) is 8.78. The van der Waals surface area contributed by atoms with Gasteiger partial charge in [0.1, 0.15) is 0 Å². The summed E-state index contributed by atoms with van der Waals surface area (Å²) in [4.78, 5) is 0. The first kappa shape index (κ1) is 27.2. The minimum absolute atomic E-state index is 0. The van der Waals surface area contributed by atoms with Gasteiger partial charge in [0.25, 0.3) is 0 Å². The van der Waals surface area contributed by atoms with Gasteiger partial charge in [-0.05, 0) is 5.92 Å². The van der Waals surface area contributed by atoms with Gasteiger partial charge in [-0.2, -0.15) is 33.9 Å². The molecule has 0 unspecified atom stereocenters. The summed E-state index contributed by atoms with van der Waals surface area (Å²) in [6.07, 6.45) is 0. The smallest absolute Gasteiger partial charge is 1.00 e. The molecule has 0 aliphatic carbocycles. The third kappa shape index (κ3) is 6.29. The van der Waals surface area contributed by atoms with Gasteiger partial charge in [0.05, 0.1) is 0 Å². The molecule has 0 spiro atoms. The Labute approximate surface area is 193 Å². The van der Waals surface area contributed by atoms with Gasteiger partial charge >= 0.3 is 26.2 Å². The number of fused-ring (bicyclic) bond motifs is 1. The van der Waals surface area contributed by atoms with Crippen LogP contribution in [-0.4, -0.2) is 0 Å². The van der Waals surface area contributed by atoms with E-state index in [1.807, 2.05) is 0 Å². The molecule has 3 aromatic carbocycles. The van der Waals surface area contributed by atoms with Crippen molar-refractivity contribution in [3.05, 3.63) is 69.8 Å². The standard InChI is InChI=1S/C12H13.C10H15.2BrH.Zr/c1-9(2)12-7-10-5-3-4-6-11(10)8-12;1-6-7(2)9(4)10(5)8(6)3;;;/h3-9H,1-2H3;1-5H3;2*1H;/q2*-1;;;+4/p-2. The Morgan fingerprint density at radius 2 is 1.36 bits per heavy atom. The Kier molecular flexibility index (Phi) is 12.7. The van der Waals surface area contributed by atoms with Crippen LogP contribution < -0.4 is 34.0 Å². The first-order chi connectivity index (χ1) is 10.3. The van der Waals surface area contributed by atoms with Crippen molar-refractivity contribution in [3.63, 3.8) is 0 Å². The van der Waals surface area contributed by atoms with E-state index in [1.54, 1.807) is 0 Å². The molecule has 0 fully saturated rings. The first-order valence-electron chi connectivity index (χ1n) is 8.18. The zero-order valence-corrected chi connectivity index (χ0v) is 21.9. The van der Waals surface area contributed by atoms with Crippen molar-refractivity contribution >= 4 is 10.8 Å². The third-order valence-electron chi connectivity index (χ3n) is 5.12. The Morgan fingerprint density at radius 3 is 1.72 bits per heavy atom. The molecule has 0 aromatic heterocycles. The molecule has 0 N–H and O–H groups in total. The van der Waals surface area contributed by atoms with Gasteiger partial charge in [-0.25, -0.2) is 0 Å². The van der Waals surface area contributed by atoms with Crippen molar-refractivity contribution in [3.8, 4) is 0 Å². The average Bonchev–Trinajstić information content (AvgIpc) is 3.01. The maximum Gasteiger partial charge on any atom is 4.00 e. The molecule has 0 atom stereocenters. The van der Waals surface area contributed by atoms with Crippen molar-refractivity contribution in [1.82, 2.24) is 0 Å². The fourth-order valence-electron chi connectivity index (χ4n) is 2.91. The Morgan fingerprint density at radius 1 is 0.880 bits per heavy atom. The zero-order chi connectivity index (χ0) is 16.4. The van der Waals surface area contributed by atoms with Crippen LogP contribution in [-0.2, 0) is 26.2 Å². The molecule has 25 heavy (non-hydrogen) atoms. The van der Waals surface area contributed by atoms with E-state index in [-0.39, 0.29) is 60.2 Å². The second-order valence-corrected chi connectivity index (χ2v) is 6.70. The van der Waals surface area contributed by atoms with Gasteiger partial charge < -0.3 is 34.0 Å². The van der Waals surface area contributed by atoms with Crippen LogP contribution in [0.2, 0.25) is 0 Å². The molecule has 0 aliphatic rings. The van der Waals surface area contributed by atoms with Crippen molar-refractivity contribution < 1.29 is 60.2 Å². The summed E-state index contributed by atoms with van der Waals surface area (Å²) in [5.74, 6) is 0.636. The molecule has 0 bridgehead atoms. The van der Waals surface area contributed by atoms with Gasteiger partial charge in [-0.15, -0.1) is 40.6 Å². The molecular formula is C22H28Br2Zr. The number of halogens is 2. The number of benzene rings is 1. The van der Waals surface area contributed by atoms with E-state index in [0.29, 0.717) is 5.92 Å². The Balaban J connectivity index is 0. The zero-order valence-electron chi connectivity index (χ0n) is 16.3. The fraction of sp³-hybridized carbons (Fsp3) is 0.364. The summed E-state index contributed by atoms with van der Waals surface area (Å²) >= 11 is 0. The minimum atomic E-state index is 0. The van der Waals surface area contributed by atoms with Crippen LogP contribution in [0.1, 0.15) is 53.1 Å². The summed E-state index contributed by atoms with van der Waals surface area (Å²) in [5, 5.41) is 2.72. The maximum atomic E-state index is 2.28. The normalized spacial score (nSPS) is 9.60. The predicted molar refractivity (Wildman–Crippen MR) is 99.4 cm³/mol. The van der Waals surface area contributed by atoms with E-state index < -0.39 is 0 Å². The van der Waals surface area contributed by atoms with Crippen LogP contribution in [0.5, 0.6) is 0 Å². The maximum absolute atomic E-state index is 2.28. The summed E-state index contributed by atoms with van der Waals surface area (Å²) in [6.45, 7) is 15.5. The molecule has 0 heterocycles. The van der Waals surface area contributed by atoms with Crippen LogP contribution >= 0.6 is 0 Å². The molecular weight excluding hydrogens is 515 g/mol. The van der Waals surface area contributed by atoms with Gasteiger partial charge in [0.2, 0.25) is 0 Å². The minimum Gasteiger partial charge on any atom is -1.00 e. The Bertz CT molecular complexity index is 665. The van der Waals surface area contributed by atoms with Crippen molar-refractivity contribution in [2.45, 2.75) is 54.4 Å². The number of hydrogen-bond acceptors (Lipinski definition) is 0. The molecule has 3 aromatic rings. The summed E-state index contributed by atoms with van der Waals surface area (Å²) in [7, 11) is 0. The fourth-order valence-corrected chi connectivity index (χ4v) is 2.91. The van der Waals surface area contributed by atoms with Crippen LogP contribution in [0.25, 0.3) is 10.8 Å². The topological polar surface area (TPSA) is 0 Å². The van der Waals surface area contributed by atoms with Crippen molar-refractivity contribution in [1.29, 1.82) is 0 Å². The largest absolute Gasteiger partial charge is 4.00 e.